The second-order valence-electron chi connectivity index (χ2n) is 5.67. The molecule has 5 nitrogen and oxygen atoms in total. The maximum atomic E-state index is 13.5. The molecule has 0 atom stereocenters. The van der Waals surface area contributed by atoms with Gasteiger partial charge in [0.1, 0.15) is 5.82 Å². The number of aromatic nitrogens is 2. The lowest BCUT2D eigenvalue weighted by molar-refractivity contribution is 0.0697. The molecule has 0 aliphatic heterocycles. The molecule has 0 saturated carbocycles. The van der Waals surface area contributed by atoms with Crippen molar-refractivity contribution in [2.45, 2.75) is 26.2 Å². The molecule has 3 rings (SSSR count). The molecule has 2 aromatic carbocycles. The van der Waals surface area contributed by atoms with Crippen LogP contribution in [0.3, 0.4) is 0 Å². The summed E-state index contributed by atoms with van der Waals surface area (Å²) in [4.78, 5) is 11.3. The van der Waals surface area contributed by atoms with Crippen LogP contribution in [0.1, 0.15) is 35.7 Å². The van der Waals surface area contributed by atoms with Crippen LogP contribution in [0.4, 0.5) is 4.39 Å². The summed E-state index contributed by atoms with van der Waals surface area (Å²) in [5.41, 5.74) is 1.87. The number of aryl methyl sites for hydroxylation is 1. The van der Waals surface area contributed by atoms with Gasteiger partial charge in [0.25, 0.3) is 0 Å². The average molecular weight is 340 g/mol. The number of aromatic carboxylic acids is 1. The Bertz CT molecular complexity index is 905. The maximum Gasteiger partial charge on any atom is 0.336 e. The zero-order chi connectivity index (χ0) is 17.8. The van der Waals surface area contributed by atoms with Gasteiger partial charge in [0.15, 0.2) is 0 Å². The summed E-state index contributed by atoms with van der Waals surface area (Å²) < 4.78 is 19.2. The van der Waals surface area contributed by atoms with Gasteiger partial charge in [-0.1, -0.05) is 31.5 Å². The van der Waals surface area contributed by atoms with Gasteiger partial charge < -0.3 is 9.52 Å². The first kappa shape index (κ1) is 16.8. The van der Waals surface area contributed by atoms with Crippen molar-refractivity contribution in [3.8, 4) is 22.9 Å². The van der Waals surface area contributed by atoms with E-state index in [0.717, 1.165) is 42.5 Å². The quantitative estimate of drug-likeness (QED) is 0.710. The lowest BCUT2D eigenvalue weighted by Crippen LogP contribution is -2.00. The number of carbonyl (C=O) groups is 1. The summed E-state index contributed by atoms with van der Waals surface area (Å²) in [5, 5.41) is 17.2. The predicted molar refractivity (Wildman–Crippen MR) is 90.7 cm³/mol. The van der Waals surface area contributed by atoms with Crippen molar-refractivity contribution in [2.75, 3.05) is 0 Å². The molecule has 0 aliphatic rings. The molecule has 3 aromatic rings. The van der Waals surface area contributed by atoms with Gasteiger partial charge in [-0.05, 0) is 42.7 Å². The smallest absolute Gasteiger partial charge is 0.336 e. The first-order chi connectivity index (χ1) is 12.1. The molecule has 128 valence electrons. The van der Waals surface area contributed by atoms with Gasteiger partial charge in [-0.2, -0.15) is 0 Å². The molecule has 0 spiro atoms. The van der Waals surface area contributed by atoms with Crippen molar-refractivity contribution in [2.24, 2.45) is 0 Å². The summed E-state index contributed by atoms with van der Waals surface area (Å²) in [5.74, 6) is -1.47. The third-order valence-electron chi connectivity index (χ3n) is 3.91. The van der Waals surface area contributed by atoms with Crippen LogP contribution >= 0.6 is 0 Å². The molecule has 1 heterocycles. The number of carboxylic acid groups (broad SMARTS) is 1. The van der Waals surface area contributed by atoms with E-state index in [0.29, 0.717) is 5.89 Å². The van der Waals surface area contributed by atoms with E-state index in [-0.39, 0.29) is 17.0 Å². The lowest BCUT2D eigenvalue weighted by Gasteiger charge is -2.05. The molecule has 0 bridgehead atoms. The Kier molecular flexibility index (Phi) is 4.88. The third-order valence-corrected chi connectivity index (χ3v) is 3.91. The molecule has 1 N–H and O–H groups in total. The summed E-state index contributed by atoms with van der Waals surface area (Å²) >= 11 is 0. The predicted octanol–water partition coefficient (Wildman–Crippen LogP) is 4.58. The molecule has 0 fully saturated rings. The zero-order valence-corrected chi connectivity index (χ0v) is 13.7. The minimum atomic E-state index is -1.18. The minimum Gasteiger partial charge on any atom is -0.478 e. The van der Waals surface area contributed by atoms with E-state index >= 15 is 0 Å². The highest BCUT2D eigenvalue weighted by atomic mass is 19.1. The van der Waals surface area contributed by atoms with Crippen LogP contribution in [0.25, 0.3) is 22.9 Å². The Labute approximate surface area is 144 Å². The van der Waals surface area contributed by atoms with Crippen LogP contribution in [0.2, 0.25) is 0 Å². The highest BCUT2D eigenvalue weighted by molar-refractivity contribution is 5.94. The van der Waals surface area contributed by atoms with Gasteiger partial charge in [-0.3, -0.25) is 0 Å². The standard InChI is InChI=1S/C19H17FN2O3/c1-2-3-6-12-7-4-5-8-14(12)17-21-22-18(25-17)16-11-13(20)9-10-15(16)19(23)24/h4-5,7-11H,2-3,6H2,1H3,(H,23,24). The molecule has 0 saturated heterocycles. The maximum absolute atomic E-state index is 13.5. The van der Waals surface area contributed by atoms with Crippen molar-refractivity contribution < 1.29 is 18.7 Å². The number of hydrogen-bond acceptors (Lipinski definition) is 4. The van der Waals surface area contributed by atoms with E-state index in [1.54, 1.807) is 0 Å². The number of rotatable bonds is 6. The van der Waals surface area contributed by atoms with Gasteiger partial charge in [-0.15, -0.1) is 10.2 Å². The first-order valence-corrected chi connectivity index (χ1v) is 8.05. The van der Waals surface area contributed by atoms with Gasteiger partial charge in [0.05, 0.1) is 11.1 Å². The highest BCUT2D eigenvalue weighted by Crippen LogP contribution is 2.29. The van der Waals surface area contributed by atoms with Gasteiger partial charge in [-0.25, -0.2) is 9.18 Å². The lowest BCUT2D eigenvalue weighted by atomic mass is 10.0. The molecule has 0 radical (unpaired) electrons. The Hall–Kier alpha value is -3.02. The van der Waals surface area contributed by atoms with E-state index in [2.05, 4.69) is 17.1 Å². The first-order valence-electron chi connectivity index (χ1n) is 8.05. The number of nitrogens with zero attached hydrogens (tertiary/aromatic N) is 2. The van der Waals surface area contributed by atoms with Gasteiger partial charge in [0, 0.05) is 5.56 Å². The number of benzene rings is 2. The summed E-state index contributed by atoms with van der Waals surface area (Å²) in [6.07, 6.45) is 2.98. The van der Waals surface area contributed by atoms with E-state index in [1.807, 2.05) is 24.3 Å². The normalized spacial score (nSPS) is 10.8. The topological polar surface area (TPSA) is 76.2 Å². The van der Waals surface area contributed by atoms with Crippen molar-refractivity contribution in [3.63, 3.8) is 0 Å². The van der Waals surface area contributed by atoms with Crippen LogP contribution < -0.4 is 0 Å². The molecular formula is C19H17FN2O3. The van der Waals surface area contributed by atoms with Crippen molar-refractivity contribution in [1.82, 2.24) is 10.2 Å². The molecule has 1 aromatic heterocycles. The Morgan fingerprint density at radius 1 is 1.12 bits per heavy atom. The largest absolute Gasteiger partial charge is 0.478 e. The van der Waals surface area contributed by atoms with Crippen LogP contribution in [0, 0.1) is 5.82 Å². The molecule has 0 unspecified atom stereocenters. The zero-order valence-electron chi connectivity index (χ0n) is 13.7. The molecular weight excluding hydrogens is 323 g/mol. The Balaban J connectivity index is 2.02. The summed E-state index contributed by atoms with van der Waals surface area (Å²) in [6, 6.07) is 11.1. The third kappa shape index (κ3) is 3.57. The van der Waals surface area contributed by atoms with Gasteiger partial charge in [0.2, 0.25) is 11.8 Å². The van der Waals surface area contributed by atoms with Crippen LogP contribution in [-0.2, 0) is 6.42 Å². The van der Waals surface area contributed by atoms with Crippen LogP contribution in [0.5, 0.6) is 0 Å². The van der Waals surface area contributed by atoms with E-state index in [4.69, 9.17) is 4.42 Å². The van der Waals surface area contributed by atoms with Crippen LogP contribution in [-0.4, -0.2) is 21.3 Å². The van der Waals surface area contributed by atoms with E-state index in [1.165, 1.54) is 6.07 Å². The van der Waals surface area contributed by atoms with Gasteiger partial charge >= 0.3 is 5.97 Å². The molecule has 6 heteroatoms. The number of unbranched alkanes of at least 4 members (excludes halogenated alkanes) is 1. The number of carboxylic acids is 1. The number of halogens is 1. The average Bonchev–Trinajstić information content (AvgIpc) is 3.09. The van der Waals surface area contributed by atoms with Crippen LogP contribution in [0.15, 0.2) is 46.9 Å². The molecule has 0 aliphatic carbocycles. The Morgan fingerprint density at radius 2 is 1.84 bits per heavy atom. The van der Waals surface area contributed by atoms with Crippen molar-refractivity contribution >= 4 is 5.97 Å². The summed E-state index contributed by atoms with van der Waals surface area (Å²) in [6.45, 7) is 2.12. The minimum absolute atomic E-state index is 0.0165. The second kappa shape index (κ2) is 7.25. The summed E-state index contributed by atoms with van der Waals surface area (Å²) in [7, 11) is 0. The second-order valence-corrected chi connectivity index (χ2v) is 5.67. The fourth-order valence-electron chi connectivity index (χ4n) is 2.63. The molecule has 25 heavy (non-hydrogen) atoms. The van der Waals surface area contributed by atoms with Crippen molar-refractivity contribution in [1.29, 1.82) is 0 Å². The monoisotopic (exact) mass is 340 g/mol. The Morgan fingerprint density at radius 3 is 2.56 bits per heavy atom. The van der Waals surface area contributed by atoms with E-state index < -0.39 is 11.8 Å². The highest BCUT2D eigenvalue weighted by Gasteiger charge is 2.19. The fraction of sp³-hybridized carbons (Fsp3) is 0.211. The SMILES string of the molecule is CCCCc1ccccc1-c1nnc(-c2cc(F)ccc2C(=O)O)o1. The molecule has 0 amide bonds. The van der Waals surface area contributed by atoms with Crippen molar-refractivity contribution in [3.05, 3.63) is 59.4 Å². The fourth-order valence-corrected chi connectivity index (χ4v) is 2.63. The number of hydrogen-bond donors (Lipinski definition) is 1. The van der Waals surface area contributed by atoms with E-state index in [9.17, 15) is 14.3 Å².